The first-order valence-corrected chi connectivity index (χ1v) is 13.9. The van der Waals surface area contributed by atoms with E-state index in [0.29, 0.717) is 42.2 Å². The number of piperidine rings is 1. The standard InChI is InChI=1S/C30H37N7O4/c1-2-37-30(41)27(34-20-39)19-26(35-37)22-8-6-7-21(15-22)23-16-24(18-25(17-23)29(40)33-10-14-38)28(31)32-9-13-36-11-4-3-5-12-36/h6-8,15-20,38H,2-5,9-14H2,1H3,(H2,31,32)(H,33,40)(H,34,39). The van der Waals surface area contributed by atoms with Gasteiger partial charge in [-0.15, -0.1) is 0 Å². The summed E-state index contributed by atoms with van der Waals surface area (Å²) >= 11 is 0. The van der Waals surface area contributed by atoms with E-state index in [2.05, 4.69) is 25.6 Å². The van der Waals surface area contributed by atoms with Crippen LogP contribution in [-0.4, -0.2) is 77.3 Å². The lowest BCUT2D eigenvalue weighted by Gasteiger charge is -2.25. The van der Waals surface area contributed by atoms with E-state index in [1.165, 1.54) is 23.9 Å². The lowest BCUT2D eigenvalue weighted by molar-refractivity contribution is -0.105. The van der Waals surface area contributed by atoms with Gasteiger partial charge in [0.05, 0.1) is 18.8 Å². The van der Waals surface area contributed by atoms with Crippen LogP contribution in [0.15, 0.2) is 58.3 Å². The molecule has 0 aliphatic carbocycles. The average Bonchev–Trinajstić information content (AvgIpc) is 3.01. The summed E-state index contributed by atoms with van der Waals surface area (Å²) in [5.41, 5.74) is 9.94. The van der Waals surface area contributed by atoms with Gasteiger partial charge < -0.3 is 26.4 Å². The molecule has 11 heteroatoms. The van der Waals surface area contributed by atoms with Gasteiger partial charge in [0.25, 0.3) is 11.5 Å². The molecular weight excluding hydrogens is 522 g/mol. The highest BCUT2D eigenvalue weighted by Gasteiger charge is 2.15. The first kappa shape index (κ1) is 29.6. The molecule has 3 aromatic rings. The molecule has 0 bridgehead atoms. The lowest BCUT2D eigenvalue weighted by Crippen LogP contribution is -2.32. The van der Waals surface area contributed by atoms with Gasteiger partial charge in [0, 0.05) is 36.3 Å². The van der Waals surface area contributed by atoms with Crippen molar-refractivity contribution in [1.82, 2.24) is 20.0 Å². The first-order chi connectivity index (χ1) is 19.9. The molecule has 2 amide bonds. The van der Waals surface area contributed by atoms with Gasteiger partial charge in [0.2, 0.25) is 6.41 Å². The molecule has 0 atom stereocenters. The van der Waals surface area contributed by atoms with E-state index in [1.54, 1.807) is 25.1 Å². The number of nitrogens with one attached hydrogen (secondary N) is 2. The highest BCUT2D eigenvalue weighted by Crippen LogP contribution is 2.28. The van der Waals surface area contributed by atoms with Crippen molar-refractivity contribution >= 4 is 23.8 Å². The van der Waals surface area contributed by atoms with Gasteiger partial charge in [-0.3, -0.25) is 19.4 Å². The number of hydrogen-bond acceptors (Lipinski definition) is 7. The maximum Gasteiger partial charge on any atom is 0.290 e. The molecule has 0 radical (unpaired) electrons. The Labute approximate surface area is 239 Å². The number of amidine groups is 1. The number of aromatic nitrogens is 2. The summed E-state index contributed by atoms with van der Waals surface area (Å²) in [7, 11) is 0. The number of anilines is 1. The van der Waals surface area contributed by atoms with Crippen LogP contribution in [0.1, 0.15) is 42.1 Å². The Morgan fingerprint density at radius 3 is 2.56 bits per heavy atom. The van der Waals surface area contributed by atoms with E-state index in [4.69, 9.17) is 5.73 Å². The second-order valence-electron chi connectivity index (χ2n) is 9.85. The van der Waals surface area contributed by atoms with E-state index >= 15 is 0 Å². The minimum atomic E-state index is -0.388. The Morgan fingerprint density at radius 1 is 1.07 bits per heavy atom. The van der Waals surface area contributed by atoms with Crippen molar-refractivity contribution in [2.24, 2.45) is 10.7 Å². The van der Waals surface area contributed by atoms with E-state index in [-0.39, 0.29) is 30.3 Å². The summed E-state index contributed by atoms with van der Waals surface area (Å²) in [4.78, 5) is 43.4. The Balaban J connectivity index is 1.70. The zero-order chi connectivity index (χ0) is 29.2. The number of benzene rings is 2. The molecule has 1 saturated heterocycles. The predicted molar refractivity (Wildman–Crippen MR) is 160 cm³/mol. The second kappa shape index (κ2) is 14.3. The van der Waals surface area contributed by atoms with Crippen LogP contribution in [0.4, 0.5) is 5.69 Å². The molecule has 11 nitrogen and oxygen atoms in total. The zero-order valence-electron chi connectivity index (χ0n) is 23.3. The second-order valence-corrected chi connectivity index (χ2v) is 9.85. The molecule has 1 aromatic heterocycles. The SMILES string of the molecule is CCn1nc(-c2cccc(-c3cc(C(=O)NCCO)cc(C(N)=NCCN4CCCCC4)c3)c2)cc(NC=O)c1=O. The quantitative estimate of drug-likeness (QED) is 0.150. The van der Waals surface area contributed by atoms with Gasteiger partial charge in [-0.1, -0.05) is 24.6 Å². The molecule has 1 fully saturated rings. The van der Waals surface area contributed by atoms with Crippen LogP contribution >= 0.6 is 0 Å². The van der Waals surface area contributed by atoms with Gasteiger partial charge in [-0.2, -0.15) is 5.10 Å². The maximum absolute atomic E-state index is 12.9. The van der Waals surface area contributed by atoms with Crippen LogP contribution in [0, 0.1) is 0 Å². The average molecular weight is 560 g/mol. The predicted octanol–water partition coefficient (Wildman–Crippen LogP) is 2.08. The highest BCUT2D eigenvalue weighted by atomic mass is 16.3. The largest absolute Gasteiger partial charge is 0.395 e. The van der Waals surface area contributed by atoms with Crippen molar-refractivity contribution in [3.05, 3.63) is 70.0 Å². The number of amides is 2. The van der Waals surface area contributed by atoms with Crippen molar-refractivity contribution < 1.29 is 14.7 Å². The Morgan fingerprint density at radius 2 is 1.83 bits per heavy atom. The number of aryl methyl sites for hydroxylation is 1. The minimum absolute atomic E-state index is 0.128. The number of carbonyl (C=O) groups is 2. The molecule has 1 aliphatic heterocycles. The summed E-state index contributed by atoms with van der Waals surface area (Å²) in [6.45, 7) is 5.64. The number of aliphatic imine (C=N–C) groups is 1. The number of likely N-dealkylation sites (tertiary alicyclic amines) is 1. The molecule has 41 heavy (non-hydrogen) atoms. The fraction of sp³-hybridized carbons (Fsp3) is 0.367. The van der Waals surface area contributed by atoms with E-state index < -0.39 is 0 Å². The monoisotopic (exact) mass is 559 g/mol. The highest BCUT2D eigenvalue weighted by molar-refractivity contribution is 6.03. The summed E-state index contributed by atoms with van der Waals surface area (Å²) in [6.07, 6.45) is 4.14. The molecule has 4 rings (SSSR count). The van der Waals surface area contributed by atoms with Crippen LogP contribution in [0.2, 0.25) is 0 Å². The van der Waals surface area contributed by atoms with E-state index in [1.807, 2.05) is 30.3 Å². The van der Waals surface area contributed by atoms with Gasteiger partial charge in [-0.05, 0) is 74.3 Å². The Kier molecular flexibility index (Phi) is 10.4. The van der Waals surface area contributed by atoms with Gasteiger partial charge in [0.15, 0.2) is 0 Å². The third kappa shape index (κ3) is 7.65. The number of aliphatic hydroxyl groups excluding tert-OH is 1. The van der Waals surface area contributed by atoms with Crippen LogP contribution in [0.5, 0.6) is 0 Å². The topological polar surface area (TPSA) is 155 Å². The molecule has 0 spiro atoms. The van der Waals surface area contributed by atoms with Crippen LogP contribution < -0.4 is 21.9 Å². The van der Waals surface area contributed by atoms with Gasteiger partial charge in [0.1, 0.15) is 11.5 Å². The summed E-state index contributed by atoms with van der Waals surface area (Å²) in [5, 5.41) is 18.8. The van der Waals surface area contributed by atoms with Crippen molar-refractivity contribution in [2.75, 3.05) is 44.6 Å². The van der Waals surface area contributed by atoms with Crippen molar-refractivity contribution in [3.63, 3.8) is 0 Å². The van der Waals surface area contributed by atoms with Crippen LogP contribution in [0.25, 0.3) is 22.4 Å². The summed E-state index contributed by atoms with van der Waals surface area (Å²) < 4.78 is 1.29. The maximum atomic E-state index is 12.9. The number of aliphatic hydroxyl groups is 1. The van der Waals surface area contributed by atoms with Crippen LogP contribution in [0.3, 0.4) is 0 Å². The Bertz CT molecular complexity index is 1460. The number of carbonyl (C=O) groups excluding carboxylic acids is 2. The van der Waals surface area contributed by atoms with Gasteiger partial charge >= 0.3 is 0 Å². The lowest BCUT2D eigenvalue weighted by atomic mass is 9.97. The number of nitrogens with two attached hydrogens (primary N) is 1. The fourth-order valence-electron chi connectivity index (χ4n) is 4.85. The molecule has 2 aromatic carbocycles. The normalized spacial score (nSPS) is 14.0. The molecule has 1 aliphatic rings. The molecule has 2 heterocycles. The van der Waals surface area contributed by atoms with Crippen molar-refractivity contribution in [2.45, 2.75) is 32.7 Å². The number of rotatable bonds is 12. The minimum Gasteiger partial charge on any atom is -0.395 e. The van der Waals surface area contributed by atoms with E-state index in [0.717, 1.165) is 36.3 Å². The molecule has 216 valence electrons. The fourth-order valence-corrected chi connectivity index (χ4v) is 4.85. The summed E-state index contributed by atoms with van der Waals surface area (Å²) in [6, 6.07) is 14.4. The molecule has 0 saturated carbocycles. The first-order valence-electron chi connectivity index (χ1n) is 13.9. The van der Waals surface area contributed by atoms with E-state index in [9.17, 15) is 19.5 Å². The third-order valence-electron chi connectivity index (χ3n) is 7.02. The third-order valence-corrected chi connectivity index (χ3v) is 7.02. The van der Waals surface area contributed by atoms with Crippen molar-refractivity contribution in [1.29, 1.82) is 0 Å². The molecule has 5 N–H and O–H groups in total. The van der Waals surface area contributed by atoms with Gasteiger partial charge in [-0.25, -0.2) is 4.68 Å². The summed E-state index contributed by atoms with van der Waals surface area (Å²) in [5.74, 6) is 0.0122. The zero-order valence-corrected chi connectivity index (χ0v) is 23.3. The number of nitrogens with zero attached hydrogens (tertiary/aromatic N) is 4. The van der Waals surface area contributed by atoms with Crippen molar-refractivity contribution in [3.8, 4) is 22.4 Å². The Hall–Kier alpha value is -4.35. The molecular formula is C30H37N7O4. The smallest absolute Gasteiger partial charge is 0.290 e. The number of hydrogen-bond donors (Lipinski definition) is 4. The molecule has 0 unspecified atom stereocenters. The van der Waals surface area contributed by atoms with Crippen LogP contribution in [-0.2, 0) is 11.3 Å².